The van der Waals surface area contributed by atoms with Crippen molar-refractivity contribution in [3.63, 3.8) is 0 Å². The zero-order chi connectivity index (χ0) is 26.7. The van der Waals surface area contributed by atoms with Crippen LogP contribution in [-0.4, -0.2) is 12.3 Å². The molecule has 0 N–H and O–H groups in total. The third-order valence-electron chi connectivity index (χ3n) is 10.7. The summed E-state index contributed by atoms with van der Waals surface area (Å²) < 4.78 is 0. The topological polar surface area (TPSA) is 6.48 Å². The summed E-state index contributed by atoms with van der Waals surface area (Å²) in [4.78, 5) is 5.38. The van der Waals surface area contributed by atoms with E-state index in [-0.39, 0.29) is 23.1 Å². The van der Waals surface area contributed by atoms with E-state index in [4.69, 9.17) is 0 Å². The molecule has 0 aromatic heterocycles. The molecule has 0 amide bonds. The Kier molecular flexibility index (Phi) is 4.56. The number of hydrogen-bond acceptors (Lipinski definition) is 2. The van der Waals surface area contributed by atoms with Gasteiger partial charge in [0, 0.05) is 33.9 Å². The Hall–Kier alpha value is -3.46. The van der Waals surface area contributed by atoms with Crippen molar-refractivity contribution < 1.29 is 0 Å². The van der Waals surface area contributed by atoms with Crippen LogP contribution in [0.3, 0.4) is 0 Å². The van der Waals surface area contributed by atoms with Crippen LogP contribution in [0.15, 0.2) is 84.9 Å². The first kappa shape index (κ1) is 23.4. The maximum atomic E-state index is 2.83. The predicted molar refractivity (Wildman–Crippen MR) is 167 cm³/mol. The van der Waals surface area contributed by atoms with E-state index in [1.54, 1.807) is 5.56 Å². The van der Waals surface area contributed by atoms with Crippen molar-refractivity contribution in [3.05, 3.63) is 96.1 Å². The molecule has 4 aliphatic rings. The quantitative estimate of drug-likeness (QED) is 0.219. The van der Waals surface area contributed by atoms with Crippen molar-refractivity contribution in [1.29, 1.82) is 0 Å². The molecule has 39 heavy (non-hydrogen) atoms. The number of para-hydroxylation sites is 3. The SMILES string of the molecule is CC(C)(C)c1cc2c3c4c1C1(C)CCCCC1(C)N4c1ccccc1B3c1ccccc1N2c1ccccc1. The fraction of sp³-hybridized carbons (Fsp3) is 0.333. The van der Waals surface area contributed by atoms with E-state index in [9.17, 15) is 0 Å². The molecular formula is C36H37BN2. The lowest BCUT2D eigenvalue weighted by Gasteiger charge is -2.52. The van der Waals surface area contributed by atoms with E-state index in [1.165, 1.54) is 76.1 Å². The van der Waals surface area contributed by atoms with Gasteiger partial charge in [-0.1, -0.05) is 95.1 Å². The van der Waals surface area contributed by atoms with Gasteiger partial charge in [0.25, 0.3) is 6.71 Å². The van der Waals surface area contributed by atoms with Crippen molar-refractivity contribution in [2.45, 2.75) is 76.7 Å². The van der Waals surface area contributed by atoms with Crippen LogP contribution in [0.25, 0.3) is 0 Å². The summed E-state index contributed by atoms with van der Waals surface area (Å²) in [7, 11) is 0. The molecular weight excluding hydrogens is 471 g/mol. The molecule has 4 aromatic rings. The molecule has 0 saturated heterocycles. The zero-order valence-corrected chi connectivity index (χ0v) is 23.9. The number of rotatable bonds is 1. The molecule has 0 bridgehead atoms. The van der Waals surface area contributed by atoms with Gasteiger partial charge >= 0.3 is 0 Å². The van der Waals surface area contributed by atoms with E-state index < -0.39 is 0 Å². The Bertz CT molecular complexity index is 1650. The summed E-state index contributed by atoms with van der Waals surface area (Å²) in [6.07, 6.45) is 5.09. The lowest BCUT2D eigenvalue weighted by molar-refractivity contribution is 0.193. The highest BCUT2D eigenvalue weighted by Crippen LogP contribution is 2.64. The van der Waals surface area contributed by atoms with E-state index in [0.717, 1.165) is 0 Å². The molecule has 2 unspecified atom stereocenters. The fourth-order valence-corrected chi connectivity index (χ4v) is 8.74. The highest BCUT2D eigenvalue weighted by Gasteiger charge is 2.62. The summed E-state index contributed by atoms with van der Waals surface area (Å²) >= 11 is 0. The molecule has 8 rings (SSSR count). The van der Waals surface area contributed by atoms with Gasteiger partial charge in [0.15, 0.2) is 0 Å². The Balaban J connectivity index is 1.58. The van der Waals surface area contributed by atoms with Crippen LogP contribution in [0.2, 0.25) is 0 Å². The molecule has 1 aliphatic carbocycles. The number of hydrogen-bond donors (Lipinski definition) is 0. The molecule has 3 heteroatoms. The van der Waals surface area contributed by atoms with E-state index in [2.05, 4.69) is 129 Å². The van der Waals surface area contributed by atoms with Crippen molar-refractivity contribution in [2.75, 3.05) is 9.80 Å². The number of benzene rings is 4. The third kappa shape index (κ3) is 2.79. The number of nitrogens with zero attached hydrogens (tertiary/aromatic N) is 2. The lowest BCUT2D eigenvalue weighted by atomic mass is 9.33. The first-order valence-electron chi connectivity index (χ1n) is 14.8. The summed E-state index contributed by atoms with van der Waals surface area (Å²) in [5, 5.41) is 0. The molecule has 0 spiro atoms. The molecule has 3 heterocycles. The standard InChI is InChI=1S/C36H37BN2/c1-34(2,3)25-23-30-32-33-31(25)35(4)21-13-14-22-36(35,5)39(33)29-20-12-10-18-27(29)37(32)26-17-9-11-19-28(26)38(30)24-15-7-6-8-16-24/h6-12,15-20,23H,13-14,21-22H2,1-5H3. The van der Waals surface area contributed by atoms with Crippen LogP contribution in [0.5, 0.6) is 0 Å². The van der Waals surface area contributed by atoms with Gasteiger partial charge in [0.2, 0.25) is 0 Å². The van der Waals surface area contributed by atoms with Crippen LogP contribution in [0, 0.1) is 0 Å². The van der Waals surface area contributed by atoms with Crippen LogP contribution < -0.4 is 26.2 Å². The normalized spacial score (nSPS) is 24.2. The first-order valence-corrected chi connectivity index (χ1v) is 14.8. The zero-order valence-electron chi connectivity index (χ0n) is 23.9. The van der Waals surface area contributed by atoms with Gasteiger partial charge < -0.3 is 9.80 Å². The second-order valence-corrected chi connectivity index (χ2v) is 13.7. The lowest BCUT2D eigenvalue weighted by Crippen LogP contribution is -2.64. The Morgan fingerprint density at radius 2 is 1.33 bits per heavy atom. The number of fused-ring (bicyclic) bond motifs is 8. The highest BCUT2D eigenvalue weighted by molar-refractivity contribution is 7.00. The maximum absolute atomic E-state index is 2.83. The summed E-state index contributed by atoms with van der Waals surface area (Å²) in [6.45, 7) is 12.7. The summed E-state index contributed by atoms with van der Waals surface area (Å²) in [6, 6.07) is 32.1. The molecule has 3 aliphatic heterocycles. The van der Waals surface area contributed by atoms with Gasteiger partial charge in [0.1, 0.15) is 0 Å². The Morgan fingerprint density at radius 3 is 2.05 bits per heavy atom. The maximum Gasteiger partial charge on any atom is 0.252 e. The number of anilines is 5. The van der Waals surface area contributed by atoms with Crippen molar-refractivity contribution in [3.8, 4) is 0 Å². The van der Waals surface area contributed by atoms with Gasteiger partial charge in [-0.15, -0.1) is 0 Å². The summed E-state index contributed by atoms with van der Waals surface area (Å²) in [5.74, 6) is 0. The molecule has 2 nitrogen and oxygen atoms in total. The van der Waals surface area contributed by atoms with Gasteiger partial charge in [-0.2, -0.15) is 0 Å². The monoisotopic (exact) mass is 508 g/mol. The van der Waals surface area contributed by atoms with Gasteiger partial charge in [-0.25, -0.2) is 0 Å². The predicted octanol–water partition coefficient (Wildman–Crippen LogP) is 7.34. The van der Waals surface area contributed by atoms with Crippen LogP contribution in [0.1, 0.15) is 71.4 Å². The van der Waals surface area contributed by atoms with Gasteiger partial charge in [0.05, 0.1) is 5.54 Å². The Labute approximate surface area is 233 Å². The first-order chi connectivity index (χ1) is 18.8. The van der Waals surface area contributed by atoms with Gasteiger partial charge in [-0.05, 0) is 83.0 Å². The minimum atomic E-state index is 0.0318. The Morgan fingerprint density at radius 1 is 0.718 bits per heavy atom. The highest BCUT2D eigenvalue weighted by atomic mass is 15.3. The van der Waals surface area contributed by atoms with E-state index in [0.29, 0.717) is 0 Å². The minimum absolute atomic E-state index is 0.0318. The van der Waals surface area contributed by atoms with E-state index in [1.807, 2.05) is 0 Å². The smallest absolute Gasteiger partial charge is 0.252 e. The van der Waals surface area contributed by atoms with Crippen molar-refractivity contribution >= 4 is 51.5 Å². The molecule has 0 radical (unpaired) electrons. The molecule has 4 aromatic carbocycles. The molecule has 1 saturated carbocycles. The van der Waals surface area contributed by atoms with E-state index >= 15 is 0 Å². The minimum Gasteiger partial charge on any atom is -0.335 e. The van der Waals surface area contributed by atoms with Crippen LogP contribution >= 0.6 is 0 Å². The average Bonchev–Trinajstić information content (AvgIpc) is 3.16. The molecule has 2 atom stereocenters. The largest absolute Gasteiger partial charge is 0.335 e. The fourth-order valence-electron chi connectivity index (χ4n) is 8.74. The van der Waals surface area contributed by atoms with Crippen LogP contribution in [-0.2, 0) is 10.8 Å². The summed E-state index contributed by atoms with van der Waals surface area (Å²) in [5.41, 5.74) is 14.6. The third-order valence-corrected chi connectivity index (χ3v) is 10.7. The second kappa shape index (κ2) is 7.59. The second-order valence-electron chi connectivity index (χ2n) is 13.7. The van der Waals surface area contributed by atoms with Crippen molar-refractivity contribution in [1.82, 2.24) is 0 Å². The van der Waals surface area contributed by atoms with Gasteiger partial charge in [-0.3, -0.25) is 0 Å². The average molecular weight is 509 g/mol. The molecule has 1 fully saturated rings. The molecule has 194 valence electrons. The van der Waals surface area contributed by atoms with Crippen molar-refractivity contribution in [2.24, 2.45) is 0 Å². The van der Waals surface area contributed by atoms with Crippen LogP contribution in [0.4, 0.5) is 28.4 Å².